The standard InChI is InChI=1S/C11H21B2N/c1-9(5-4-8-14)6-7-10(12)11(2,3)13/h5,10H,4,6-7,12-13H2,1-3H3/b9-5+. The molecule has 0 bridgehead atoms. The lowest BCUT2D eigenvalue weighted by molar-refractivity contribution is 0.576. The fourth-order valence-electron chi connectivity index (χ4n) is 1.20. The van der Waals surface area contributed by atoms with E-state index in [0.29, 0.717) is 11.7 Å². The highest BCUT2D eigenvalue weighted by Crippen LogP contribution is 2.37. The summed E-state index contributed by atoms with van der Waals surface area (Å²) in [7, 11) is 4.59. The normalized spacial score (nSPS) is 14.9. The molecule has 0 aromatic rings. The van der Waals surface area contributed by atoms with E-state index >= 15 is 0 Å². The molecule has 0 aliphatic heterocycles. The Morgan fingerprint density at radius 2 is 2.14 bits per heavy atom. The van der Waals surface area contributed by atoms with E-state index < -0.39 is 0 Å². The molecule has 1 unspecified atom stereocenters. The maximum atomic E-state index is 8.43. The summed E-state index contributed by atoms with van der Waals surface area (Å²) in [5.41, 5.74) is 1.35. The highest BCUT2D eigenvalue weighted by atomic mass is 14.2. The molecular formula is C11H21B2N. The molecule has 0 N–H and O–H groups in total. The summed E-state index contributed by atoms with van der Waals surface area (Å²) in [6.07, 6.45) is 4.93. The first kappa shape index (κ1) is 13.4. The zero-order valence-corrected chi connectivity index (χ0v) is 10.2. The van der Waals surface area contributed by atoms with Crippen LogP contribution in [0.1, 0.15) is 40.0 Å². The third kappa shape index (κ3) is 5.91. The van der Waals surface area contributed by atoms with Crippen molar-refractivity contribution in [2.75, 3.05) is 0 Å². The largest absolute Gasteiger partial charge is 0.198 e. The molecule has 0 saturated carbocycles. The quantitative estimate of drug-likeness (QED) is 0.478. The average molecular weight is 189 g/mol. The zero-order valence-electron chi connectivity index (χ0n) is 10.2. The van der Waals surface area contributed by atoms with Crippen LogP contribution in [-0.4, -0.2) is 15.7 Å². The molecule has 0 radical (unpaired) electrons. The molecule has 0 rings (SSSR count). The topological polar surface area (TPSA) is 23.8 Å². The molecule has 3 heteroatoms. The van der Waals surface area contributed by atoms with Gasteiger partial charge in [0.15, 0.2) is 0 Å². The number of rotatable bonds is 5. The second-order valence-corrected chi connectivity index (χ2v) is 5.22. The zero-order chi connectivity index (χ0) is 11.2. The Kier molecular flexibility index (Phi) is 5.69. The Balaban J connectivity index is 3.90. The number of hydrogen-bond acceptors (Lipinski definition) is 1. The van der Waals surface area contributed by atoms with Crippen molar-refractivity contribution in [2.24, 2.45) is 0 Å². The van der Waals surface area contributed by atoms with Gasteiger partial charge in [-0.15, -0.1) is 0 Å². The average Bonchev–Trinajstić information content (AvgIpc) is 2.09. The van der Waals surface area contributed by atoms with Gasteiger partial charge in [-0.05, 0) is 13.3 Å². The number of hydrogen-bond donors (Lipinski definition) is 0. The van der Waals surface area contributed by atoms with Gasteiger partial charge in [0.2, 0.25) is 0 Å². The Morgan fingerprint density at radius 3 is 2.57 bits per heavy atom. The summed E-state index contributed by atoms with van der Waals surface area (Å²) < 4.78 is 0. The van der Waals surface area contributed by atoms with Crippen molar-refractivity contribution in [3.8, 4) is 6.07 Å². The Morgan fingerprint density at radius 1 is 1.57 bits per heavy atom. The molecule has 0 aromatic carbocycles. The van der Waals surface area contributed by atoms with Crippen LogP contribution in [-0.2, 0) is 0 Å². The van der Waals surface area contributed by atoms with Gasteiger partial charge in [0, 0.05) is 0 Å². The molecule has 76 valence electrons. The van der Waals surface area contributed by atoms with E-state index in [9.17, 15) is 0 Å². The summed E-state index contributed by atoms with van der Waals surface area (Å²) in [4.78, 5) is 0. The summed E-state index contributed by atoms with van der Waals surface area (Å²) in [6, 6.07) is 2.14. The Bertz CT molecular complexity index is 233. The fourth-order valence-corrected chi connectivity index (χ4v) is 1.20. The van der Waals surface area contributed by atoms with Crippen LogP contribution in [0.4, 0.5) is 0 Å². The van der Waals surface area contributed by atoms with Gasteiger partial charge < -0.3 is 0 Å². The van der Waals surface area contributed by atoms with Crippen LogP contribution in [0.2, 0.25) is 11.1 Å². The first-order valence-electron chi connectivity index (χ1n) is 5.40. The molecular weight excluding hydrogens is 168 g/mol. The smallest absolute Gasteiger partial charge is 0.108 e. The van der Waals surface area contributed by atoms with Crippen LogP contribution in [0.25, 0.3) is 0 Å². The van der Waals surface area contributed by atoms with Crippen molar-refractivity contribution in [3.63, 3.8) is 0 Å². The van der Waals surface area contributed by atoms with Crippen LogP contribution in [0.15, 0.2) is 11.6 Å². The van der Waals surface area contributed by atoms with Crippen molar-refractivity contribution in [1.29, 1.82) is 5.26 Å². The molecule has 0 spiro atoms. The number of allylic oxidation sites excluding steroid dienone is 2. The molecule has 0 saturated heterocycles. The number of nitriles is 1. The third-order valence-corrected chi connectivity index (χ3v) is 2.99. The molecule has 0 heterocycles. The lowest BCUT2D eigenvalue weighted by atomic mass is 9.55. The Hall–Kier alpha value is -0.640. The SMILES string of the molecule is BC(CC/C(C)=C/CC#N)C(B)(C)C. The highest BCUT2D eigenvalue weighted by molar-refractivity contribution is 6.23. The minimum Gasteiger partial charge on any atom is -0.198 e. The highest BCUT2D eigenvalue weighted by Gasteiger charge is 2.19. The summed E-state index contributed by atoms with van der Waals surface area (Å²) in [5, 5.41) is 8.83. The van der Waals surface area contributed by atoms with E-state index in [0.717, 1.165) is 12.2 Å². The molecule has 1 nitrogen and oxygen atoms in total. The van der Waals surface area contributed by atoms with Crippen LogP contribution < -0.4 is 0 Å². The van der Waals surface area contributed by atoms with E-state index in [1.165, 1.54) is 12.0 Å². The first-order valence-corrected chi connectivity index (χ1v) is 5.40. The minimum atomic E-state index is 0.398. The van der Waals surface area contributed by atoms with Crippen LogP contribution in [0.3, 0.4) is 0 Å². The first-order chi connectivity index (χ1) is 6.38. The van der Waals surface area contributed by atoms with E-state index in [1.54, 1.807) is 0 Å². The van der Waals surface area contributed by atoms with E-state index in [4.69, 9.17) is 5.26 Å². The second kappa shape index (κ2) is 5.96. The van der Waals surface area contributed by atoms with E-state index in [1.807, 2.05) is 6.08 Å². The van der Waals surface area contributed by atoms with E-state index in [-0.39, 0.29) is 0 Å². The van der Waals surface area contributed by atoms with Crippen molar-refractivity contribution in [2.45, 2.75) is 51.2 Å². The van der Waals surface area contributed by atoms with Crippen molar-refractivity contribution in [1.82, 2.24) is 0 Å². The minimum absolute atomic E-state index is 0.398. The molecule has 0 amide bonds. The molecule has 0 aliphatic rings. The Labute approximate surface area is 90.4 Å². The molecule has 0 aliphatic carbocycles. The van der Waals surface area contributed by atoms with Gasteiger partial charge >= 0.3 is 0 Å². The molecule has 14 heavy (non-hydrogen) atoms. The summed E-state index contributed by atoms with van der Waals surface area (Å²) >= 11 is 0. The molecule has 1 atom stereocenters. The fraction of sp³-hybridized carbons (Fsp3) is 0.727. The third-order valence-electron chi connectivity index (χ3n) is 2.99. The lowest BCUT2D eigenvalue weighted by Gasteiger charge is -2.27. The summed E-state index contributed by atoms with van der Waals surface area (Å²) in [5.74, 6) is 0.730. The lowest BCUT2D eigenvalue weighted by Crippen LogP contribution is -2.12. The second-order valence-electron chi connectivity index (χ2n) is 5.22. The summed E-state index contributed by atoms with van der Waals surface area (Å²) in [6.45, 7) is 6.69. The van der Waals surface area contributed by atoms with Gasteiger partial charge in [0.05, 0.1) is 12.5 Å². The maximum Gasteiger partial charge on any atom is 0.108 e. The van der Waals surface area contributed by atoms with Gasteiger partial charge in [-0.25, -0.2) is 0 Å². The molecule has 0 aromatic heterocycles. The van der Waals surface area contributed by atoms with Crippen molar-refractivity contribution >= 4 is 15.7 Å². The van der Waals surface area contributed by atoms with Gasteiger partial charge in [-0.3, -0.25) is 0 Å². The van der Waals surface area contributed by atoms with Crippen LogP contribution >= 0.6 is 0 Å². The van der Waals surface area contributed by atoms with Gasteiger partial charge in [-0.1, -0.05) is 43.0 Å². The van der Waals surface area contributed by atoms with Crippen LogP contribution in [0.5, 0.6) is 0 Å². The van der Waals surface area contributed by atoms with Gasteiger partial charge in [0.25, 0.3) is 0 Å². The monoisotopic (exact) mass is 189 g/mol. The maximum absolute atomic E-state index is 8.43. The van der Waals surface area contributed by atoms with E-state index in [2.05, 4.69) is 42.5 Å². The van der Waals surface area contributed by atoms with Crippen molar-refractivity contribution < 1.29 is 0 Å². The van der Waals surface area contributed by atoms with Gasteiger partial charge in [0.1, 0.15) is 15.7 Å². The van der Waals surface area contributed by atoms with Crippen molar-refractivity contribution in [3.05, 3.63) is 11.6 Å². The van der Waals surface area contributed by atoms with Crippen LogP contribution in [0, 0.1) is 11.3 Å². The predicted molar refractivity (Wildman–Crippen MR) is 68.1 cm³/mol. The molecule has 0 fully saturated rings. The van der Waals surface area contributed by atoms with Gasteiger partial charge in [-0.2, -0.15) is 5.26 Å². The number of nitrogens with zero attached hydrogens (tertiary/aromatic N) is 1. The predicted octanol–water partition coefficient (Wildman–Crippen LogP) is 1.88.